The molecule has 1 aromatic rings. The number of hydrogen-bond donors (Lipinski definition) is 2. The van der Waals surface area contributed by atoms with Crippen molar-refractivity contribution in [2.24, 2.45) is 0 Å². The van der Waals surface area contributed by atoms with Gasteiger partial charge in [-0.15, -0.1) is 0 Å². The lowest BCUT2D eigenvalue weighted by atomic mass is 9.73. The van der Waals surface area contributed by atoms with Crippen molar-refractivity contribution in [1.29, 1.82) is 0 Å². The first-order chi connectivity index (χ1) is 13.9. The lowest BCUT2D eigenvalue weighted by Gasteiger charge is -2.53. The number of pyridine rings is 1. The van der Waals surface area contributed by atoms with Gasteiger partial charge in [-0.05, 0) is 39.2 Å². The molecule has 1 aromatic heterocycles. The summed E-state index contributed by atoms with van der Waals surface area (Å²) >= 11 is 0. The Labute approximate surface area is 172 Å². The number of hydrogen-bond acceptors (Lipinski definition) is 7. The van der Waals surface area contributed by atoms with E-state index in [1.165, 1.54) is 0 Å². The second-order valence-electron chi connectivity index (χ2n) is 8.13. The molecule has 0 aliphatic carbocycles. The van der Waals surface area contributed by atoms with Gasteiger partial charge in [0, 0.05) is 45.1 Å². The topological polar surface area (TPSA) is 93.2 Å². The minimum Gasteiger partial charge on any atom is -0.497 e. The fourth-order valence-corrected chi connectivity index (χ4v) is 4.35. The number of amides is 1. The summed E-state index contributed by atoms with van der Waals surface area (Å²) in [6, 6.07) is 3.78. The average Bonchev–Trinajstić information content (AvgIpc) is 2.72. The molecule has 2 fully saturated rings. The van der Waals surface area contributed by atoms with Crippen molar-refractivity contribution in [3.8, 4) is 5.75 Å². The summed E-state index contributed by atoms with van der Waals surface area (Å²) in [5, 5.41) is 14.2. The van der Waals surface area contributed by atoms with Crippen molar-refractivity contribution in [3.63, 3.8) is 0 Å². The highest BCUT2D eigenvalue weighted by atomic mass is 16.5. The van der Waals surface area contributed by atoms with Gasteiger partial charge in [-0.2, -0.15) is 0 Å². The molecular formula is C21H33N3O5. The monoisotopic (exact) mass is 407 g/mol. The second kappa shape index (κ2) is 9.38. The molecule has 0 unspecified atom stereocenters. The third-order valence-corrected chi connectivity index (χ3v) is 6.09. The molecule has 162 valence electrons. The summed E-state index contributed by atoms with van der Waals surface area (Å²) in [6.45, 7) is 7.07. The van der Waals surface area contributed by atoms with Gasteiger partial charge in [0.05, 0.1) is 23.9 Å². The predicted octanol–water partition coefficient (Wildman–Crippen LogP) is 1.12. The number of piperidine rings is 1. The molecule has 2 aliphatic heterocycles. The summed E-state index contributed by atoms with van der Waals surface area (Å²) < 4.78 is 16.6. The largest absolute Gasteiger partial charge is 0.497 e. The maximum Gasteiger partial charge on any atom is 0.246 e. The standard InChI is InChI=1S/C21H33N3O5/c1-4-28-15-18(25)23-20(2)8-12-29-21(19(20)26)6-10-24(11-7-21)14-16-13-17(27-3)5-9-22-16/h5,9,13,19,26H,4,6-8,10-12,14-15H2,1-3H3,(H,23,25)/t19-,20+/m1/s1. The molecule has 8 heteroatoms. The number of methoxy groups -OCH3 is 1. The van der Waals surface area contributed by atoms with Crippen LogP contribution in [-0.2, 0) is 20.8 Å². The van der Waals surface area contributed by atoms with Gasteiger partial charge in [-0.25, -0.2) is 0 Å². The molecule has 0 saturated carbocycles. The van der Waals surface area contributed by atoms with Gasteiger partial charge in [0.15, 0.2) is 0 Å². The number of ether oxygens (including phenoxy) is 3. The number of carbonyl (C=O) groups excluding carboxylic acids is 1. The van der Waals surface area contributed by atoms with Crippen LogP contribution in [0, 0.1) is 0 Å². The summed E-state index contributed by atoms with van der Waals surface area (Å²) in [4.78, 5) is 18.9. The van der Waals surface area contributed by atoms with Gasteiger partial charge < -0.3 is 24.6 Å². The zero-order chi connectivity index (χ0) is 20.9. The Balaban J connectivity index is 1.60. The van der Waals surface area contributed by atoms with Crippen LogP contribution in [0.4, 0.5) is 0 Å². The molecule has 8 nitrogen and oxygen atoms in total. The van der Waals surface area contributed by atoms with E-state index in [1.54, 1.807) is 13.3 Å². The highest BCUT2D eigenvalue weighted by Gasteiger charge is 2.53. The van der Waals surface area contributed by atoms with Gasteiger partial charge in [-0.3, -0.25) is 14.7 Å². The van der Waals surface area contributed by atoms with Crippen LogP contribution >= 0.6 is 0 Å². The van der Waals surface area contributed by atoms with E-state index in [2.05, 4.69) is 15.2 Å². The molecule has 2 saturated heterocycles. The van der Waals surface area contributed by atoms with E-state index >= 15 is 0 Å². The van der Waals surface area contributed by atoms with Crippen molar-refractivity contribution in [2.45, 2.75) is 56.9 Å². The van der Waals surface area contributed by atoms with Crippen LogP contribution in [0.2, 0.25) is 0 Å². The number of aliphatic hydroxyl groups is 1. The first kappa shape index (κ1) is 22.0. The molecule has 2 aliphatic rings. The zero-order valence-electron chi connectivity index (χ0n) is 17.6. The molecule has 3 heterocycles. The molecule has 0 aromatic carbocycles. The first-order valence-electron chi connectivity index (χ1n) is 10.3. The fraction of sp³-hybridized carbons (Fsp3) is 0.714. The summed E-state index contributed by atoms with van der Waals surface area (Å²) in [6.07, 6.45) is 2.96. The first-order valence-corrected chi connectivity index (χ1v) is 10.3. The van der Waals surface area contributed by atoms with Gasteiger partial charge in [0.25, 0.3) is 0 Å². The molecule has 0 bridgehead atoms. The Morgan fingerprint density at radius 2 is 2.17 bits per heavy atom. The van der Waals surface area contributed by atoms with Gasteiger partial charge in [0.2, 0.25) is 5.91 Å². The van der Waals surface area contributed by atoms with Gasteiger partial charge >= 0.3 is 0 Å². The van der Waals surface area contributed by atoms with Crippen LogP contribution in [0.15, 0.2) is 18.3 Å². The van der Waals surface area contributed by atoms with E-state index in [1.807, 2.05) is 26.0 Å². The fourth-order valence-electron chi connectivity index (χ4n) is 4.35. The van der Waals surface area contributed by atoms with Crippen LogP contribution in [0.1, 0.15) is 38.8 Å². The maximum atomic E-state index is 12.2. The van der Waals surface area contributed by atoms with E-state index in [-0.39, 0.29) is 12.5 Å². The Hall–Kier alpha value is -1.74. The van der Waals surface area contributed by atoms with Crippen molar-refractivity contribution < 1.29 is 24.1 Å². The van der Waals surface area contributed by atoms with Crippen molar-refractivity contribution in [3.05, 3.63) is 24.0 Å². The van der Waals surface area contributed by atoms with E-state index < -0.39 is 17.2 Å². The smallest absolute Gasteiger partial charge is 0.246 e. The summed E-state index contributed by atoms with van der Waals surface area (Å²) in [5.74, 6) is 0.597. The quantitative estimate of drug-likeness (QED) is 0.700. The SMILES string of the molecule is CCOCC(=O)N[C@@]1(C)CCOC2(CCN(Cc3cc(OC)ccn3)CC2)[C@@H]1O. The van der Waals surface area contributed by atoms with Crippen LogP contribution in [0.25, 0.3) is 0 Å². The predicted molar refractivity (Wildman–Crippen MR) is 108 cm³/mol. The highest BCUT2D eigenvalue weighted by Crippen LogP contribution is 2.40. The zero-order valence-corrected chi connectivity index (χ0v) is 17.6. The van der Waals surface area contributed by atoms with Crippen LogP contribution in [0.3, 0.4) is 0 Å². The van der Waals surface area contributed by atoms with Crippen molar-refractivity contribution >= 4 is 5.91 Å². The lowest BCUT2D eigenvalue weighted by Crippen LogP contribution is -2.69. The number of nitrogens with one attached hydrogen (secondary N) is 1. The van der Waals surface area contributed by atoms with Crippen LogP contribution in [-0.4, -0.2) is 78.2 Å². The molecule has 1 spiro atoms. The Bertz CT molecular complexity index is 693. The molecular weight excluding hydrogens is 374 g/mol. The number of nitrogens with zero attached hydrogens (tertiary/aromatic N) is 2. The number of rotatable bonds is 7. The molecule has 2 atom stereocenters. The Morgan fingerprint density at radius 3 is 2.86 bits per heavy atom. The Morgan fingerprint density at radius 1 is 1.41 bits per heavy atom. The highest BCUT2D eigenvalue weighted by molar-refractivity contribution is 5.78. The minimum atomic E-state index is -0.772. The molecule has 3 rings (SSSR count). The van der Waals surface area contributed by atoms with Crippen LogP contribution < -0.4 is 10.1 Å². The third-order valence-electron chi connectivity index (χ3n) is 6.09. The number of aromatic nitrogens is 1. The van der Waals surface area contributed by atoms with E-state index in [4.69, 9.17) is 14.2 Å². The van der Waals surface area contributed by atoms with E-state index in [0.717, 1.165) is 31.1 Å². The molecule has 2 N–H and O–H groups in total. The lowest BCUT2D eigenvalue weighted by molar-refractivity contribution is -0.208. The summed E-state index contributed by atoms with van der Waals surface area (Å²) in [7, 11) is 1.65. The number of likely N-dealkylation sites (tertiary alicyclic amines) is 1. The number of carbonyl (C=O) groups is 1. The van der Waals surface area contributed by atoms with Crippen molar-refractivity contribution in [1.82, 2.24) is 15.2 Å². The van der Waals surface area contributed by atoms with Crippen LogP contribution in [0.5, 0.6) is 5.75 Å². The van der Waals surface area contributed by atoms with Gasteiger partial charge in [-0.1, -0.05) is 0 Å². The molecule has 29 heavy (non-hydrogen) atoms. The van der Waals surface area contributed by atoms with E-state index in [0.29, 0.717) is 32.5 Å². The van der Waals surface area contributed by atoms with Crippen molar-refractivity contribution in [2.75, 3.05) is 40.0 Å². The third kappa shape index (κ3) is 5.06. The number of aliphatic hydroxyl groups excluding tert-OH is 1. The molecule has 0 radical (unpaired) electrons. The normalized spacial score (nSPS) is 27.0. The second-order valence-corrected chi connectivity index (χ2v) is 8.13. The Kier molecular flexibility index (Phi) is 7.10. The minimum absolute atomic E-state index is 0.00792. The maximum absolute atomic E-state index is 12.2. The molecule has 1 amide bonds. The van der Waals surface area contributed by atoms with Gasteiger partial charge in [0.1, 0.15) is 18.5 Å². The average molecular weight is 408 g/mol. The van der Waals surface area contributed by atoms with E-state index in [9.17, 15) is 9.90 Å². The summed E-state index contributed by atoms with van der Waals surface area (Å²) in [5.41, 5.74) is -0.397.